The smallest absolute Gasteiger partial charge is 0.269 e. The van der Waals surface area contributed by atoms with Crippen molar-refractivity contribution in [1.82, 2.24) is 0 Å². The second-order valence-electron chi connectivity index (χ2n) is 4.63. The number of nitro benzene ring substituents is 1. The maximum absolute atomic E-state index is 10.8. The highest BCUT2D eigenvalue weighted by Gasteiger charge is 2.15. The maximum Gasteiger partial charge on any atom is 0.269 e. The first-order valence-corrected chi connectivity index (χ1v) is 7.16. The van der Waals surface area contributed by atoms with Crippen LogP contribution in [0.1, 0.15) is 51.4 Å². The van der Waals surface area contributed by atoms with Crippen molar-refractivity contribution in [3.05, 3.63) is 39.9 Å². The van der Waals surface area contributed by atoms with Crippen molar-refractivity contribution in [2.45, 2.75) is 45.8 Å². The van der Waals surface area contributed by atoms with Gasteiger partial charge in [0, 0.05) is 17.7 Å². The van der Waals surface area contributed by atoms with Gasteiger partial charge in [0.25, 0.3) is 5.69 Å². The van der Waals surface area contributed by atoms with Crippen molar-refractivity contribution in [1.29, 1.82) is 0 Å². The molecule has 112 valence electrons. The number of hydrogen-bond donors (Lipinski definition) is 0. The van der Waals surface area contributed by atoms with E-state index in [2.05, 4.69) is 13.8 Å². The first-order valence-electron chi connectivity index (χ1n) is 7.16. The molecule has 0 N–H and O–H groups in total. The Morgan fingerprint density at radius 2 is 1.75 bits per heavy atom. The highest BCUT2D eigenvalue weighted by Crippen LogP contribution is 2.23. The third kappa shape index (κ3) is 5.67. The molecular formula is C15H23NO4. The third-order valence-electron chi connectivity index (χ3n) is 2.89. The van der Waals surface area contributed by atoms with E-state index >= 15 is 0 Å². The maximum atomic E-state index is 10.8. The lowest BCUT2D eigenvalue weighted by Gasteiger charge is -2.18. The molecule has 5 nitrogen and oxygen atoms in total. The summed E-state index contributed by atoms with van der Waals surface area (Å²) in [6.45, 7) is 5.36. The van der Waals surface area contributed by atoms with Crippen molar-refractivity contribution in [2.75, 3.05) is 13.2 Å². The van der Waals surface area contributed by atoms with Crippen LogP contribution in [-0.2, 0) is 9.47 Å². The van der Waals surface area contributed by atoms with Crippen LogP contribution in [0.3, 0.4) is 0 Å². The zero-order valence-corrected chi connectivity index (χ0v) is 12.2. The Labute approximate surface area is 120 Å². The Balaban J connectivity index is 2.73. The molecular weight excluding hydrogens is 258 g/mol. The summed E-state index contributed by atoms with van der Waals surface area (Å²) >= 11 is 0. The van der Waals surface area contributed by atoms with Crippen LogP contribution in [0, 0.1) is 10.1 Å². The fraction of sp³-hybridized carbons (Fsp3) is 0.600. The molecule has 0 amide bonds. The van der Waals surface area contributed by atoms with Crippen molar-refractivity contribution in [3.63, 3.8) is 0 Å². The fourth-order valence-corrected chi connectivity index (χ4v) is 1.69. The van der Waals surface area contributed by atoms with E-state index in [4.69, 9.17) is 9.47 Å². The van der Waals surface area contributed by atoms with E-state index in [0.717, 1.165) is 25.7 Å². The van der Waals surface area contributed by atoms with Gasteiger partial charge in [-0.3, -0.25) is 10.1 Å². The molecule has 1 aromatic rings. The summed E-state index contributed by atoms with van der Waals surface area (Å²) < 4.78 is 11.4. The molecule has 0 saturated heterocycles. The van der Waals surface area contributed by atoms with E-state index < -0.39 is 11.2 Å². The largest absolute Gasteiger partial charge is 0.348 e. The van der Waals surface area contributed by atoms with Crippen molar-refractivity contribution in [3.8, 4) is 0 Å². The first-order chi connectivity index (χ1) is 9.69. The van der Waals surface area contributed by atoms with E-state index in [0.29, 0.717) is 18.8 Å². The van der Waals surface area contributed by atoms with Crippen LogP contribution in [0.2, 0.25) is 0 Å². The molecule has 0 heterocycles. The van der Waals surface area contributed by atoms with Crippen LogP contribution < -0.4 is 0 Å². The molecule has 1 aromatic carbocycles. The van der Waals surface area contributed by atoms with E-state index in [-0.39, 0.29) is 5.69 Å². The predicted octanol–water partition coefficient (Wildman–Crippen LogP) is 4.23. The predicted molar refractivity (Wildman–Crippen MR) is 77.6 cm³/mol. The van der Waals surface area contributed by atoms with Crippen LogP contribution in [0.25, 0.3) is 0 Å². The minimum atomic E-state index is -0.520. The number of nitro groups is 1. The molecule has 0 aromatic heterocycles. The fourth-order valence-electron chi connectivity index (χ4n) is 1.69. The molecule has 0 bridgehead atoms. The molecule has 0 atom stereocenters. The number of unbranched alkanes of at least 4 members (excludes halogenated alkanes) is 2. The molecule has 0 unspecified atom stereocenters. The Morgan fingerprint density at radius 1 is 1.15 bits per heavy atom. The van der Waals surface area contributed by atoms with Crippen LogP contribution in [0.4, 0.5) is 5.69 Å². The van der Waals surface area contributed by atoms with Gasteiger partial charge in [0.05, 0.1) is 18.1 Å². The van der Waals surface area contributed by atoms with Gasteiger partial charge < -0.3 is 9.47 Å². The van der Waals surface area contributed by atoms with Crippen molar-refractivity contribution < 1.29 is 14.4 Å². The normalized spacial score (nSPS) is 10.9. The second kappa shape index (κ2) is 9.44. The Bertz CT molecular complexity index is 399. The minimum absolute atomic E-state index is 0.0608. The van der Waals surface area contributed by atoms with Gasteiger partial charge in [-0.15, -0.1) is 0 Å². The molecule has 0 spiro atoms. The Kier molecular flexibility index (Phi) is 7.84. The van der Waals surface area contributed by atoms with Gasteiger partial charge in [-0.05, 0) is 12.8 Å². The highest BCUT2D eigenvalue weighted by atomic mass is 16.7. The lowest BCUT2D eigenvalue weighted by atomic mass is 10.2. The molecule has 0 saturated carbocycles. The van der Waals surface area contributed by atoms with Gasteiger partial charge in [-0.25, -0.2) is 0 Å². The number of nitrogens with zero attached hydrogens (tertiary/aromatic N) is 1. The molecule has 1 rings (SSSR count). The molecule has 0 aliphatic heterocycles. The average Bonchev–Trinajstić information content (AvgIpc) is 2.46. The molecule has 0 fully saturated rings. The van der Waals surface area contributed by atoms with Crippen molar-refractivity contribution in [2.24, 2.45) is 0 Å². The monoisotopic (exact) mass is 281 g/mol. The summed E-state index contributed by atoms with van der Waals surface area (Å²) in [5.41, 5.74) is 0.761. The second-order valence-corrected chi connectivity index (χ2v) is 4.63. The molecule has 20 heavy (non-hydrogen) atoms. The summed E-state index contributed by atoms with van der Waals surface area (Å²) in [5.74, 6) is 0. The number of hydrogen-bond acceptors (Lipinski definition) is 4. The zero-order chi connectivity index (χ0) is 14.8. The highest BCUT2D eigenvalue weighted by molar-refractivity contribution is 5.34. The number of non-ortho nitro benzene ring substituents is 1. The van der Waals surface area contributed by atoms with Gasteiger partial charge >= 0.3 is 0 Å². The summed E-state index contributed by atoms with van der Waals surface area (Å²) in [4.78, 5) is 10.4. The number of benzene rings is 1. The van der Waals surface area contributed by atoms with Crippen LogP contribution in [0.15, 0.2) is 24.3 Å². The zero-order valence-electron chi connectivity index (χ0n) is 12.2. The average molecular weight is 281 g/mol. The standard InChI is InChI=1S/C15H23NO4/c1-3-5-10-19-15(20-11-6-4-2)13-8-7-9-14(12-13)16(17)18/h7-9,12,15H,3-6,10-11H2,1-2H3. The van der Waals surface area contributed by atoms with Crippen molar-refractivity contribution >= 4 is 5.69 Å². The van der Waals surface area contributed by atoms with Gasteiger partial charge in [-0.2, -0.15) is 0 Å². The SMILES string of the molecule is CCCCOC(OCCCC)c1cccc([N+](=O)[O-])c1. The lowest BCUT2D eigenvalue weighted by molar-refractivity contribution is -0.385. The first kappa shape index (κ1) is 16.6. The van der Waals surface area contributed by atoms with Crippen LogP contribution in [0.5, 0.6) is 0 Å². The summed E-state index contributed by atoms with van der Waals surface area (Å²) in [7, 11) is 0. The third-order valence-corrected chi connectivity index (χ3v) is 2.89. The summed E-state index contributed by atoms with van der Waals surface area (Å²) in [6.07, 6.45) is 3.45. The molecule has 5 heteroatoms. The molecule has 0 aliphatic rings. The minimum Gasteiger partial charge on any atom is -0.348 e. The quantitative estimate of drug-likeness (QED) is 0.279. The van der Waals surface area contributed by atoms with Crippen LogP contribution >= 0.6 is 0 Å². The Hall–Kier alpha value is -1.46. The molecule has 0 aliphatic carbocycles. The van der Waals surface area contributed by atoms with E-state index in [1.807, 2.05) is 0 Å². The topological polar surface area (TPSA) is 61.6 Å². The van der Waals surface area contributed by atoms with E-state index in [1.54, 1.807) is 12.1 Å². The lowest BCUT2D eigenvalue weighted by Crippen LogP contribution is -2.11. The van der Waals surface area contributed by atoms with Crippen LogP contribution in [-0.4, -0.2) is 18.1 Å². The van der Waals surface area contributed by atoms with Gasteiger partial charge in [-0.1, -0.05) is 38.8 Å². The summed E-state index contributed by atoms with van der Waals surface area (Å²) in [5, 5.41) is 10.8. The van der Waals surface area contributed by atoms with Gasteiger partial charge in [0.1, 0.15) is 0 Å². The van der Waals surface area contributed by atoms with Gasteiger partial charge in [0.15, 0.2) is 6.29 Å². The van der Waals surface area contributed by atoms with Gasteiger partial charge in [0.2, 0.25) is 0 Å². The Morgan fingerprint density at radius 3 is 2.25 bits per heavy atom. The van der Waals surface area contributed by atoms with E-state index in [1.165, 1.54) is 12.1 Å². The molecule has 0 radical (unpaired) electrons. The number of ether oxygens (including phenoxy) is 2. The number of rotatable bonds is 10. The van der Waals surface area contributed by atoms with E-state index in [9.17, 15) is 10.1 Å². The summed E-state index contributed by atoms with van der Waals surface area (Å²) in [6, 6.07) is 6.45.